The normalized spacial score (nSPS) is 16.2. The van der Waals surface area contributed by atoms with Gasteiger partial charge < -0.3 is 15.8 Å². The summed E-state index contributed by atoms with van der Waals surface area (Å²) in [6.45, 7) is 0.463. The third-order valence-corrected chi connectivity index (χ3v) is 11.2. The lowest BCUT2D eigenvalue weighted by Crippen LogP contribution is -2.32. The van der Waals surface area contributed by atoms with Crippen molar-refractivity contribution in [2.45, 2.75) is 11.5 Å². The van der Waals surface area contributed by atoms with Crippen molar-refractivity contribution in [3.8, 4) is 33.8 Å². The molecule has 7 aromatic carbocycles. The molecule has 1 atom stereocenters. The van der Waals surface area contributed by atoms with Crippen molar-refractivity contribution in [1.82, 2.24) is 5.32 Å². The summed E-state index contributed by atoms with van der Waals surface area (Å²) < 4.78 is 6.53. The summed E-state index contributed by atoms with van der Waals surface area (Å²) in [7, 11) is 0. The van der Waals surface area contributed by atoms with E-state index in [1.807, 2.05) is 30.3 Å². The second-order valence-electron chi connectivity index (χ2n) is 14.5. The summed E-state index contributed by atoms with van der Waals surface area (Å²) >= 11 is 0. The lowest BCUT2D eigenvalue weighted by Gasteiger charge is -2.40. The van der Waals surface area contributed by atoms with Crippen molar-refractivity contribution in [3.63, 3.8) is 0 Å². The predicted octanol–water partition coefficient (Wildman–Crippen LogP) is 11.5. The summed E-state index contributed by atoms with van der Waals surface area (Å²) in [5, 5.41) is 3.67. The minimum atomic E-state index is -0.549. The Balaban J connectivity index is 1.04. The van der Waals surface area contributed by atoms with E-state index in [2.05, 4.69) is 175 Å². The quantitative estimate of drug-likeness (QED) is 0.172. The van der Waals surface area contributed by atoms with Crippen molar-refractivity contribution in [1.29, 1.82) is 0 Å². The van der Waals surface area contributed by atoms with E-state index in [4.69, 9.17) is 15.5 Å². The molecule has 0 amide bonds. The Morgan fingerprint density at radius 3 is 1.82 bits per heavy atom. The molecule has 0 aromatic heterocycles. The molecule has 1 unspecified atom stereocenters. The third-order valence-electron chi connectivity index (χ3n) is 11.2. The highest BCUT2D eigenvalue weighted by Crippen LogP contribution is 2.59. The zero-order chi connectivity index (χ0) is 37.5. The minimum Gasteiger partial charge on any atom is -0.457 e. The molecule has 268 valence electrons. The Labute approximate surface area is 327 Å². The van der Waals surface area contributed by atoms with Gasteiger partial charge in [0.05, 0.1) is 11.5 Å². The third kappa shape index (κ3) is 5.70. The molecule has 4 nitrogen and oxygen atoms in total. The van der Waals surface area contributed by atoms with Gasteiger partial charge in [-0.05, 0) is 92.6 Å². The highest BCUT2D eigenvalue weighted by Gasteiger charge is 2.49. The van der Waals surface area contributed by atoms with Crippen LogP contribution >= 0.6 is 0 Å². The Bertz CT molecular complexity index is 2700. The molecule has 3 aliphatic rings. The summed E-state index contributed by atoms with van der Waals surface area (Å²) in [5.41, 5.74) is 20.3. The van der Waals surface area contributed by atoms with Crippen LogP contribution in [0.5, 0.6) is 11.5 Å². The van der Waals surface area contributed by atoms with E-state index in [-0.39, 0.29) is 6.04 Å². The average molecular weight is 722 g/mol. The van der Waals surface area contributed by atoms with Gasteiger partial charge >= 0.3 is 0 Å². The summed E-state index contributed by atoms with van der Waals surface area (Å²) in [5.74, 6) is 2.60. The Morgan fingerprint density at radius 1 is 0.571 bits per heavy atom. The lowest BCUT2D eigenvalue weighted by molar-refractivity contribution is 0.436. The Hall–Kier alpha value is -7.01. The first kappa shape index (κ1) is 33.6. The van der Waals surface area contributed by atoms with Crippen LogP contribution in [0, 0.1) is 0 Å². The smallest absolute Gasteiger partial charge is 0.133 e. The van der Waals surface area contributed by atoms with Crippen LogP contribution in [0.15, 0.2) is 205 Å². The number of rotatable bonds is 7. The van der Waals surface area contributed by atoms with E-state index in [0.29, 0.717) is 6.54 Å². The number of aliphatic imine (C=N–C) groups is 1. The van der Waals surface area contributed by atoms with Crippen LogP contribution in [-0.2, 0) is 5.41 Å². The number of hydrogen-bond donors (Lipinski definition) is 2. The second-order valence-corrected chi connectivity index (χ2v) is 14.5. The highest BCUT2D eigenvalue weighted by atomic mass is 16.5. The molecule has 10 rings (SSSR count). The molecule has 0 saturated heterocycles. The Morgan fingerprint density at radius 2 is 1.14 bits per heavy atom. The second kappa shape index (κ2) is 14.0. The van der Waals surface area contributed by atoms with Gasteiger partial charge in [-0.25, -0.2) is 0 Å². The molecule has 4 heteroatoms. The molecule has 0 fully saturated rings. The molecule has 56 heavy (non-hydrogen) atoms. The first-order valence-electron chi connectivity index (χ1n) is 19.2. The first-order chi connectivity index (χ1) is 27.7. The molecular weight excluding hydrogens is 683 g/mol. The van der Waals surface area contributed by atoms with Crippen molar-refractivity contribution in [3.05, 3.63) is 239 Å². The van der Waals surface area contributed by atoms with Crippen LogP contribution in [0.3, 0.4) is 0 Å². The van der Waals surface area contributed by atoms with Gasteiger partial charge in [-0.3, -0.25) is 4.99 Å². The number of nitrogens with two attached hydrogens (primary N) is 1. The molecule has 2 heterocycles. The topological polar surface area (TPSA) is 59.6 Å². The molecule has 2 aliphatic heterocycles. The molecule has 3 N–H and O–H groups in total. The highest BCUT2D eigenvalue weighted by molar-refractivity contribution is 6.05. The van der Waals surface area contributed by atoms with Crippen molar-refractivity contribution >= 4 is 17.6 Å². The van der Waals surface area contributed by atoms with Crippen LogP contribution in [0.4, 0.5) is 0 Å². The molecule has 0 saturated carbocycles. The van der Waals surface area contributed by atoms with Crippen LogP contribution in [0.1, 0.15) is 45.0 Å². The number of nitrogens with zero attached hydrogens (tertiary/aromatic N) is 1. The number of allylic oxidation sites excluding steroid dienone is 2. The summed E-state index contributed by atoms with van der Waals surface area (Å²) in [6, 6.07) is 62.2. The number of ether oxygens (including phenoxy) is 1. The zero-order valence-corrected chi connectivity index (χ0v) is 30.8. The van der Waals surface area contributed by atoms with Gasteiger partial charge in [0.15, 0.2) is 0 Å². The maximum atomic E-state index is 6.53. The van der Waals surface area contributed by atoms with E-state index in [1.54, 1.807) is 0 Å². The summed E-state index contributed by atoms with van der Waals surface area (Å²) in [6.07, 6.45) is 8.77. The molecule has 0 bridgehead atoms. The number of fused-ring (bicyclic) bond motifs is 6. The maximum absolute atomic E-state index is 6.53. The van der Waals surface area contributed by atoms with Crippen LogP contribution < -0.4 is 15.8 Å². The fraction of sp³-hybridized carbons (Fsp3) is 0.0577. The first-order valence-corrected chi connectivity index (χ1v) is 19.2. The molecule has 0 radical (unpaired) electrons. The van der Waals surface area contributed by atoms with Crippen LogP contribution in [-0.4, -0.2) is 12.4 Å². The number of para-hydroxylation sites is 2. The number of benzene rings is 7. The molecule has 1 aliphatic carbocycles. The monoisotopic (exact) mass is 721 g/mol. The van der Waals surface area contributed by atoms with Gasteiger partial charge in [-0.2, -0.15) is 0 Å². The summed E-state index contributed by atoms with van der Waals surface area (Å²) in [4.78, 5) is 5.23. The fourth-order valence-corrected chi connectivity index (χ4v) is 8.60. The lowest BCUT2D eigenvalue weighted by atomic mass is 9.65. The van der Waals surface area contributed by atoms with Gasteiger partial charge in [-0.15, -0.1) is 0 Å². The zero-order valence-electron chi connectivity index (χ0n) is 30.8. The standard InChI is InChI=1S/C52H39N3O/c53-29-13-22-43-32-41-28-27-40(33-46(41)52(43)44-23-7-9-25-49(44)56-50-26-10-8-24-45(50)52)38-19-11-18-37(30-38)39-20-12-21-42(31-39)51-54-47(35-14-3-1-4-15-35)34-48(55-51)36-16-5-2-6-17-36/h1-28,30-34,47H,29,53H2,(H,54,55)/b22-13-. The fourth-order valence-electron chi connectivity index (χ4n) is 8.60. The van der Waals surface area contributed by atoms with Crippen molar-refractivity contribution in [2.75, 3.05) is 6.54 Å². The number of hydrogen-bond acceptors (Lipinski definition) is 4. The SMILES string of the molecule is NC/C=C\C1=Cc2ccc(-c3cccc(-c4cccc(C5=NC(c6ccccc6)C=C(c6ccccc6)N5)c4)c3)cc2C12c1ccccc1Oc1ccccc12. The van der Waals surface area contributed by atoms with Crippen LogP contribution in [0.2, 0.25) is 0 Å². The Kier molecular flexibility index (Phi) is 8.39. The van der Waals surface area contributed by atoms with Gasteiger partial charge in [-0.1, -0.05) is 158 Å². The molecule has 7 aromatic rings. The van der Waals surface area contributed by atoms with E-state index in [0.717, 1.165) is 73.1 Å². The van der Waals surface area contributed by atoms with E-state index < -0.39 is 5.41 Å². The van der Waals surface area contributed by atoms with Gasteiger partial charge in [0.1, 0.15) is 17.3 Å². The van der Waals surface area contributed by atoms with E-state index in [1.165, 1.54) is 16.7 Å². The van der Waals surface area contributed by atoms with Gasteiger partial charge in [0.25, 0.3) is 0 Å². The van der Waals surface area contributed by atoms with Gasteiger partial charge in [0, 0.05) is 28.9 Å². The average Bonchev–Trinajstić information content (AvgIpc) is 3.59. The van der Waals surface area contributed by atoms with Gasteiger partial charge in [0.2, 0.25) is 0 Å². The maximum Gasteiger partial charge on any atom is 0.133 e. The number of amidine groups is 1. The largest absolute Gasteiger partial charge is 0.457 e. The predicted molar refractivity (Wildman–Crippen MR) is 230 cm³/mol. The van der Waals surface area contributed by atoms with Crippen molar-refractivity contribution < 1.29 is 4.74 Å². The molecule has 1 spiro atoms. The van der Waals surface area contributed by atoms with E-state index in [9.17, 15) is 0 Å². The minimum absolute atomic E-state index is 0.104. The van der Waals surface area contributed by atoms with E-state index >= 15 is 0 Å². The van der Waals surface area contributed by atoms with Crippen LogP contribution in [0.25, 0.3) is 34.0 Å². The van der Waals surface area contributed by atoms with Crippen molar-refractivity contribution in [2.24, 2.45) is 10.7 Å². The number of nitrogens with one attached hydrogen (secondary N) is 1. The molecular formula is C52H39N3O.